The number of carbonyl (C=O) groups is 2. The minimum Gasteiger partial charge on any atom is -0.358 e. The van der Waals surface area contributed by atoms with Gasteiger partial charge in [-0.1, -0.05) is 42.5 Å². The molecule has 0 bridgehead atoms. The molecular formula is C25H23N3O2. The predicted molar refractivity (Wildman–Crippen MR) is 115 cm³/mol. The first-order valence-corrected chi connectivity index (χ1v) is 10.2. The largest absolute Gasteiger partial charge is 0.358 e. The van der Waals surface area contributed by atoms with Crippen molar-refractivity contribution in [2.45, 2.75) is 25.7 Å². The average Bonchev–Trinajstić information content (AvgIpc) is 3.20. The zero-order valence-corrected chi connectivity index (χ0v) is 16.9. The molecule has 1 N–H and O–H groups in total. The van der Waals surface area contributed by atoms with Gasteiger partial charge in [-0.2, -0.15) is 5.26 Å². The molecule has 0 radical (unpaired) electrons. The standard InChI is InChI=1S/C25H23N3O2/c1-17-22(15-23(27-17)20-7-3-2-4-8-20)24(29)25(30)28-12-10-19(11-13-28)21-9-5-6-18(14-21)16-26/h2-9,14-15,19,27H,10-13H2,1H3. The molecule has 1 aliphatic rings. The van der Waals surface area contributed by atoms with Crippen molar-refractivity contribution in [1.29, 1.82) is 5.26 Å². The lowest BCUT2D eigenvalue weighted by Crippen LogP contribution is -2.41. The van der Waals surface area contributed by atoms with Crippen LogP contribution in [0.2, 0.25) is 0 Å². The van der Waals surface area contributed by atoms with Crippen molar-refractivity contribution in [3.8, 4) is 17.3 Å². The molecule has 30 heavy (non-hydrogen) atoms. The Bertz CT molecular complexity index is 1120. The summed E-state index contributed by atoms with van der Waals surface area (Å²) in [5.41, 5.74) is 4.73. The highest BCUT2D eigenvalue weighted by atomic mass is 16.2. The summed E-state index contributed by atoms with van der Waals surface area (Å²) >= 11 is 0. The topological polar surface area (TPSA) is 77.0 Å². The minimum atomic E-state index is -0.462. The number of aromatic amines is 1. The van der Waals surface area contributed by atoms with Crippen LogP contribution >= 0.6 is 0 Å². The van der Waals surface area contributed by atoms with Gasteiger partial charge >= 0.3 is 0 Å². The maximum absolute atomic E-state index is 12.9. The molecule has 0 unspecified atom stereocenters. The van der Waals surface area contributed by atoms with Crippen LogP contribution in [-0.4, -0.2) is 34.7 Å². The van der Waals surface area contributed by atoms with Gasteiger partial charge < -0.3 is 9.88 Å². The van der Waals surface area contributed by atoms with Crippen LogP contribution in [0.3, 0.4) is 0 Å². The van der Waals surface area contributed by atoms with E-state index in [9.17, 15) is 9.59 Å². The first-order chi connectivity index (χ1) is 14.6. The fourth-order valence-electron chi connectivity index (χ4n) is 4.10. The molecule has 1 saturated heterocycles. The normalized spacial score (nSPS) is 14.3. The Hall–Kier alpha value is -3.65. The van der Waals surface area contributed by atoms with Crippen LogP contribution in [0.1, 0.15) is 45.9 Å². The molecule has 150 valence electrons. The van der Waals surface area contributed by atoms with Crippen LogP contribution in [0.25, 0.3) is 11.3 Å². The third-order valence-electron chi connectivity index (χ3n) is 5.81. The highest BCUT2D eigenvalue weighted by molar-refractivity contribution is 6.43. The van der Waals surface area contributed by atoms with E-state index in [1.54, 1.807) is 17.0 Å². The maximum atomic E-state index is 12.9. The highest BCUT2D eigenvalue weighted by Gasteiger charge is 2.29. The average molecular weight is 397 g/mol. The fourth-order valence-corrected chi connectivity index (χ4v) is 4.10. The summed E-state index contributed by atoms with van der Waals surface area (Å²) < 4.78 is 0. The zero-order chi connectivity index (χ0) is 21.1. The molecule has 2 aromatic carbocycles. The molecule has 0 spiro atoms. The van der Waals surface area contributed by atoms with E-state index in [4.69, 9.17) is 5.26 Å². The summed E-state index contributed by atoms with van der Waals surface area (Å²) in [6.45, 7) is 2.91. The van der Waals surface area contributed by atoms with E-state index in [1.807, 2.05) is 55.5 Å². The second-order valence-corrected chi connectivity index (χ2v) is 7.72. The summed E-state index contributed by atoms with van der Waals surface area (Å²) in [6, 6.07) is 21.3. The van der Waals surface area contributed by atoms with Crippen LogP contribution in [0.15, 0.2) is 60.7 Å². The van der Waals surface area contributed by atoms with Gasteiger partial charge in [-0.25, -0.2) is 0 Å². The molecule has 3 aromatic rings. The lowest BCUT2D eigenvalue weighted by atomic mass is 9.88. The number of nitrogens with one attached hydrogen (secondary N) is 1. The number of ketones is 1. The molecular weight excluding hydrogens is 374 g/mol. The minimum absolute atomic E-state index is 0.302. The van der Waals surface area contributed by atoms with E-state index >= 15 is 0 Å². The Kier molecular flexibility index (Phi) is 5.49. The van der Waals surface area contributed by atoms with Crippen molar-refractivity contribution in [2.75, 3.05) is 13.1 Å². The van der Waals surface area contributed by atoms with E-state index in [1.165, 1.54) is 0 Å². The Morgan fingerprint density at radius 3 is 2.47 bits per heavy atom. The number of Topliss-reactive ketones (excluding diaryl/α,β-unsaturated/α-hetero) is 1. The van der Waals surface area contributed by atoms with Crippen LogP contribution in [0.5, 0.6) is 0 Å². The Morgan fingerprint density at radius 2 is 1.77 bits per heavy atom. The van der Waals surface area contributed by atoms with Crippen LogP contribution in [0.4, 0.5) is 0 Å². The SMILES string of the molecule is Cc1[nH]c(-c2ccccc2)cc1C(=O)C(=O)N1CCC(c2cccc(C#N)c2)CC1. The van der Waals surface area contributed by atoms with Crippen molar-refractivity contribution < 1.29 is 9.59 Å². The number of rotatable bonds is 4. The molecule has 5 nitrogen and oxygen atoms in total. The number of carbonyl (C=O) groups excluding carboxylic acids is 2. The smallest absolute Gasteiger partial charge is 0.295 e. The van der Waals surface area contributed by atoms with E-state index in [0.29, 0.717) is 35.8 Å². The van der Waals surface area contributed by atoms with Gasteiger partial charge in [-0.15, -0.1) is 0 Å². The Balaban J connectivity index is 1.44. The molecule has 4 rings (SSSR count). The number of benzene rings is 2. The van der Waals surface area contributed by atoms with E-state index in [-0.39, 0.29) is 0 Å². The summed E-state index contributed by atoms with van der Waals surface area (Å²) in [7, 11) is 0. The van der Waals surface area contributed by atoms with Crippen LogP contribution in [0, 0.1) is 18.3 Å². The van der Waals surface area contributed by atoms with Crippen molar-refractivity contribution in [1.82, 2.24) is 9.88 Å². The van der Waals surface area contributed by atoms with E-state index in [0.717, 1.165) is 29.7 Å². The second kappa shape index (κ2) is 8.38. The summed E-state index contributed by atoms with van der Waals surface area (Å²) in [5, 5.41) is 9.10. The molecule has 1 amide bonds. The molecule has 1 fully saturated rings. The third-order valence-corrected chi connectivity index (χ3v) is 5.81. The van der Waals surface area contributed by atoms with Crippen LogP contribution in [-0.2, 0) is 4.79 Å². The molecule has 0 saturated carbocycles. The number of hydrogen-bond acceptors (Lipinski definition) is 3. The molecule has 2 heterocycles. The van der Waals surface area contributed by atoms with Gasteiger partial charge in [0.15, 0.2) is 0 Å². The van der Waals surface area contributed by atoms with Gasteiger partial charge in [0.1, 0.15) is 0 Å². The summed E-state index contributed by atoms with van der Waals surface area (Å²) in [5.74, 6) is -0.604. The van der Waals surface area contributed by atoms with Gasteiger partial charge in [0.2, 0.25) is 0 Å². The predicted octanol–water partition coefficient (Wildman–Crippen LogP) is 4.45. The van der Waals surface area contributed by atoms with Crippen LogP contribution < -0.4 is 0 Å². The summed E-state index contributed by atoms with van der Waals surface area (Å²) in [6.07, 6.45) is 1.57. The number of amides is 1. The summed E-state index contributed by atoms with van der Waals surface area (Å²) in [4.78, 5) is 30.6. The fraction of sp³-hybridized carbons (Fsp3) is 0.240. The Morgan fingerprint density at radius 1 is 1.03 bits per heavy atom. The van der Waals surface area contributed by atoms with Gasteiger partial charge in [0.05, 0.1) is 11.6 Å². The first-order valence-electron chi connectivity index (χ1n) is 10.2. The van der Waals surface area contributed by atoms with Crippen molar-refractivity contribution >= 4 is 11.7 Å². The number of hydrogen-bond donors (Lipinski definition) is 1. The van der Waals surface area contributed by atoms with Gasteiger partial charge in [0, 0.05) is 30.0 Å². The molecule has 0 atom stereocenters. The van der Waals surface area contributed by atoms with Gasteiger partial charge in [-0.3, -0.25) is 9.59 Å². The molecule has 1 aliphatic heterocycles. The van der Waals surface area contributed by atoms with Crippen molar-refractivity contribution in [2.24, 2.45) is 0 Å². The van der Waals surface area contributed by atoms with Gasteiger partial charge in [0.25, 0.3) is 11.7 Å². The van der Waals surface area contributed by atoms with E-state index in [2.05, 4.69) is 11.1 Å². The van der Waals surface area contributed by atoms with Crippen molar-refractivity contribution in [3.63, 3.8) is 0 Å². The lowest BCUT2D eigenvalue weighted by Gasteiger charge is -2.31. The lowest BCUT2D eigenvalue weighted by molar-refractivity contribution is -0.127. The van der Waals surface area contributed by atoms with E-state index < -0.39 is 11.7 Å². The number of H-pyrrole nitrogens is 1. The molecule has 5 heteroatoms. The number of likely N-dealkylation sites (tertiary alicyclic amines) is 1. The van der Waals surface area contributed by atoms with Crippen molar-refractivity contribution in [3.05, 3.63) is 83.0 Å². The number of aromatic nitrogens is 1. The first kappa shape index (κ1) is 19.7. The second-order valence-electron chi connectivity index (χ2n) is 7.72. The molecule has 0 aliphatic carbocycles. The quantitative estimate of drug-likeness (QED) is 0.522. The monoisotopic (exact) mass is 397 g/mol. The molecule has 1 aromatic heterocycles. The highest BCUT2D eigenvalue weighted by Crippen LogP contribution is 2.29. The number of piperidine rings is 1. The number of nitrogens with zero attached hydrogens (tertiary/aromatic N) is 2. The van der Waals surface area contributed by atoms with Gasteiger partial charge in [-0.05, 0) is 55.0 Å². The number of nitriles is 1. The third kappa shape index (κ3) is 3.90. The zero-order valence-electron chi connectivity index (χ0n) is 16.9. The maximum Gasteiger partial charge on any atom is 0.295 e. The Labute approximate surface area is 176 Å². The number of aryl methyl sites for hydroxylation is 1.